The van der Waals surface area contributed by atoms with Gasteiger partial charge in [-0.05, 0) is 30.7 Å². The summed E-state index contributed by atoms with van der Waals surface area (Å²) in [4.78, 5) is 26.5. The van der Waals surface area contributed by atoms with Crippen molar-refractivity contribution >= 4 is 11.6 Å². The lowest BCUT2D eigenvalue weighted by molar-refractivity contribution is 0.0992. The second-order valence-electron chi connectivity index (χ2n) is 6.07. The third-order valence-corrected chi connectivity index (χ3v) is 4.11. The average molecular weight is 332 g/mol. The zero-order valence-corrected chi connectivity index (χ0v) is 14.3. The van der Waals surface area contributed by atoms with E-state index in [9.17, 15) is 9.59 Å². The minimum Gasteiger partial charge on any atom is -0.311 e. The van der Waals surface area contributed by atoms with E-state index in [-0.39, 0.29) is 11.5 Å². The molecule has 3 rings (SSSR count). The van der Waals surface area contributed by atoms with Crippen molar-refractivity contribution in [3.05, 3.63) is 100.0 Å². The van der Waals surface area contributed by atoms with Gasteiger partial charge in [-0.15, -0.1) is 0 Å². The van der Waals surface area contributed by atoms with Gasteiger partial charge in [0.2, 0.25) is 0 Å². The number of anilines is 1. The molecule has 0 radical (unpaired) electrons. The van der Waals surface area contributed by atoms with E-state index in [0.717, 1.165) is 16.8 Å². The summed E-state index contributed by atoms with van der Waals surface area (Å²) in [6, 6.07) is 20.5. The number of benzene rings is 2. The first-order valence-electron chi connectivity index (χ1n) is 8.14. The molecule has 3 aromatic rings. The number of carbonyl (C=O) groups excluding carboxylic acids is 1. The normalized spacial score (nSPS) is 10.5. The number of rotatable bonds is 4. The van der Waals surface area contributed by atoms with Crippen LogP contribution in [0.3, 0.4) is 0 Å². The summed E-state index contributed by atoms with van der Waals surface area (Å²) in [7, 11) is 1.73. The average Bonchev–Trinajstić information content (AvgIpc) is 2.63. The number of hydrogen-bond acceptors (Lipinski definition) is 2. The first-order valence-corrected chi connectivity index (χ1v) is 8.14. The fourth-order valence-corrected chi connectivity index (χ4v) is 2.75. The van der Waals surface area contributed by atoms with Gasteiger partial charge in [-0.1, -0.05) is 48.0 Å². The summed E-state index contributed by atoms with van der Waals surface area (Å²) in [5, 5.41) is 0. The standard InChI is InChI=1S/C21H20N2O2/c1-16-7-6-8-17(13-16)14-23-15-18(11-12-20(23)24)21(25)22(2)19-9-4-3-5-10-19/h3-13,15H,14H2,1-2H3. The first-order chi connectivity index (χ1) is 12.0. The molecule has 0 atom stereocenters. The summed E-state index contributed by atoms with van der Waals surface area (Å²) in [5.41, 5.74) is 3.34. The van der Waals surface area contributed by atoms with Gasteiger partial charge >= 0.3 is 0 Å². The van der Waals surface area contributed by atoms with Crippen LogP contribution in [0.2, 0.25) is 0 Å². The van der Waals surface area contributed by atoms with Crippen molar-refractivity contribution in [2.45, 2.75) is 13.5 Å². The molecule has 2 aromatic carbocycles. The lowest BCUT2D eigenvalue weighted by atomic mass is 10.1. The molecule has 0 spiro atoms. The zero-order valence-electron chi connectivity index (χ0n) is 14.3. The molecule has 0 aliphatic heterocycles. The molecule has 4 nitrogen and oxygen atoms in total. The third kappa shape index (κ3) is 3.86. The molecule has 0 N–H and O–H groups in total. The molecule has 0 bridgehead atoms. The van der Waals surface area contributed by atoms with Crippen LogP contribution in [0.15, 0.2) is 77.7 Å². The van der Waals surface area contributed by atoms with Gasteiger partial charge in [0.05, 0.1) is 12.1 Å². The Morgan fingerprint density at radius 1 is 1.00 bits per heavy atom. The van der Waals surface area contributed by atoms with E-state index >= 15 is 0 Å². The van der Waals surface area contributed by atoms with Crippen LogP contribution in [0.4, 0.5) is 5.69 Å². The number of pyridine rings is 1. The Morgan fingerprint density at radius 3 is 2.48 bits per heavy atom. The van der Waals surface area contributed by atoms with E-state index < -0.39 is 0 Å². The van der Waals surface area contributed by atoms with Gasteiger partial charge in [-0.25, -0.2) is 0 Å². The van der Waals surface area contributed by atoms with E-state index in [1.165, 1.54) is 6.07 Å². The second kappa shape index (κ2) is 7.18. The molecule has 0 saturated carbocycles. The Balaban J connectivity index is 1.88. The molecule has 1 aromatic heterocycles. The van der Waals surface area contributed by atoms with E-state index in [2.05, 4.69) is 0 Å². The van der Waals surface area contributed by atoms with Crippen LogP contribution in [0.1, 0.15) is 21.5 Å². The molecule has 0 unspecified atom stereocenters. The molecule has 1 heterocycles. The molecule has 25 heavy (non-hydrogen) atoms. The molecule has 1 amide bonds. The van der Waals surface area contributed by atoms with E-state index in [0.29, 0.717) is 12.1 Å². The minimum absolute atomic E-state index is 0.125. The number of carbonyl (C=O) groups is 1. The highest BCUT2D eigenvalue weighted by molar-refractivity contribution is 6.05. The van der Waals surface area contributed by atoms with Crippen molar-refractivity contribution in [1.29, 1.82) is 0 Å². The SMILES string of the molecule is Cc1cccc(Cn2cc(C(=O)N(C)c3ccccc3)ccc2=O)c1. The number of amides is 1. The van der Waals surface area contributed by atoms with Crippen molar-refractivity contribution in [2.75, 3.05) is 11.9 Å². The van der Waals surface area contributed by atoms with Gasteiger partial charge in [0.1, 0.15) is 0 Å². The van der Waals surface area contributed by atoms with Crippen LogP contribution in [-0.2, 0) is 6.54 Å². The molecule has 0 fully saturated rings. The minimum atomic E-state index is -0.149. The van der Waals surface area contributed by atoms with Crippen LogP contribution >= 0.6 is 0 Å². The smallest absolute Gasteiger partial charge is 0.259 e. The van der Waals surface area contributed by atoms with Crippen LogP contribution in [0.5, 0.6) is 0 Å². The molecule has 0 aliphatic rings. The number of hydrogen-bond donors (Lipinski definition) is 0. The van der Waals surface area contributed by atoms with E-state index in [4.69, 9.17) is 0 Å². The molecular formula is C21H20N2O2. The predicted octanol–water partition coefficient (Wildman–Crippen LogP) is 3.48. The lowest BCUT2D eigenvalue weighted by Crippen LogP contribution is -2.28. The number of para-hydroxylation sites is 1. The maximum Gasteiger partial charge on any atom is 0.259 e. The molecule has 0 aliphatic carbocycles. The van der Waals surface area contributed by atoms with Crippen molar-refractivity contribution in [1.82, 2.24) is 4.57 Å². The summed E-state index contributed by atoms with van der Waals surface area (Å²) in [6.45, 7) is 2.46. The van der Waals surface area contributed by atoms with Gasteiger partial charge in [-0.3, -0.25) is 9.59 Å². The largest absolute Gasteiger partial charge is 0.311 e. The third-order valence-electron chi connectivity index (χ3n) is 4.11. The summed E-state index contributed by atoms with van der Waals surface area (Å²) in [5.74, 6) is -0.149. The Kier molecular flexibility index (Phi) is 4.80. The maximum atomic E-state index is 12.7. The Morgan fingerprint density at radius 2 is 1.76 bits per heavy atom. The summed E-state index contributed by atoms with van der Waals surface area (Å²) < 4.78 is 1.57. The lowest BCUT2D eigenvalue weighted by Gasteiger charge is -2.18. The van der Waals surface area contributed by atoms with Crippen LogP contribution in [-0.4, -0.2) is 17.5 Å². The monoisotopic (exact) mass is 332 g/mol. The number of aryl methyl sites for hydroxylation is 1. The predicted molar refractivity (Wildman–Crippen MR) is 100 cm³/mol. The highest BCUT2D eigenvalue weighted by atomic mass is 16.2. The molecule has 4 heteroatoms. The fourth-order valence-electron chi connectivity index (χ4n) is 2.75. The Labute approximate surface area is 147 Å². The zero-order chi connectivity index (χ0) is 17.8. The van der Waals surface area contributed by atoms with Crippen LogP contribution < -0.4 is 10.5 Å². The maximum absolute atomic E-state index is 12.7. The first kappa shape index (κ1) is 16.7. The van der Waals surface area contributed by atoms with Crippen molar-refractivity contribution < 1.29 is 4.79 Å². The molecular weight excluding hydrogens is 312 g/mol. The number of nitrogens with zero attached hydrogens (tertiary/aromatic N) is 2. The number of aromatic nitrogens is 1. The summed E-state index contributed by atoms with van der Waals surface area (Å²) >= 11 is 0. The highest BCUT2D eigenvalue weighted by Crippen LogP contribution is 2.14. The Hall–Kier alpha value is -3.14. The van der Waals surface area contributed by atoms with Crippen molar-refractivity contribution in [3.8, 4) is 0 Å². The highest BCUT2D eigenvalue weighted by Gasteiger charge is 2.14. The van der Waals surface area contributed by atoms with Crippen molar-refractivity contribution in [2.24, 2.45) is 0 Å². The van der Waals surface area contributed by atoms with Crippen molar-refractivity contribution in [3.63, 3.8) is 0 Å². The van der Waals surface area contributed by atoms with Gasteiger partial charge < -0.3 is 9.47 Å². The van der Waals surface area contributed by atoms with E-state index in [1.54, 1.807) is 28.8 Å². The van der Waals surface area contributed by atoms with Gasteiger partial charge in [0.25, 0.3) is 11.5 Å². The molecule has 0 saturated heterocycles. The van der Waals surface area contributed by atoms with Gasteiger partial charge in [-0.2, -0.15) is 0 Å². The van der Waals surface area contributed by atoms with Gasteiger partial charge in [0, 0.05) is 25.0 Å². The van der Waals surface area contributed by atoms with Crippen LogP contribution in [0.25, 0.3) is 0 Å². The molecule has 126 valence electrons. The fraction of sp³-hybridized carbons (Fsp3) is 0.143. The van der Waals surface area contributed by atoms with Gasteiger partial charge in [0.15, 0.2) is 0 Å². The van der Waals surface area contributed by atoms with Crippen LogP contribution in [0, 0.1) is 6.92 Å². The van der Waals surface area contributed by atoms with E-state index in [1.807, 2.05) is 61.5 Å². The summed E-state index contributed by atoms with van der Waals surface area (Å²) in [6.07, 6.45) is 1.63. The Bertz CT molecular complexity index is 945. The second-order valence-corrected chi connectivity index (χ2v) is 6.07. The quantitative estimate of drug-likeness (QED) is 0.734. The topological polar surface area (TPSA) is 42.3 Å².